The Bertz CT molecular complexity index is 417. The van der Waals surface area contributed by atoms with Crippen molar-refractivity contribution in [3.05, 3.63) is 0 Å². The smallest absolute Gasteiger partial charge is 0.410 e. The number of ether oxygens (including phenoxy) is 2. The van der Waals surface area contributed by atoms with Gasteiger partial charge in [0.25, 0.3) is 0 Å². The maximum atomic E-state index is 12.4. The molecule has 0 aromatic heterocycles. The van der Waals surface area contributed by atoms with Crippen LogP contribution < -0.4 is 5.32 Å². The molecule has 1 saturated heterocycles. The maximum absolute atomic E-state index is 12.4. The second-order valence-electron chi connectivity index (χ2n) is 9.10. The number of rotatable bonds is 3. The highest BCUT2D eigenvalue weighted by Crippen LogP contribution is 2.33. The quantitative estimate of drug-likeness (QED) is 0.798. The molecule has 5 heteroatoms. The first-order valence-electron chi connectivity index (χ1n) is 9.47. The van der Waals surface area contributed by atoms with Crippen LogP contribution >= 0.6 is 0 Å². The first-order valence-corrected chi connectivity index (χ1v) is 9.47. The Morgan fingerprint density at radius 3 is 2.75 bits per heavy atom. The van der Waals surface area contributed by atoms with Crippen LogP contribution in [0.2, 0.25) is 0 Å². The van der Waals surface area contributed by atoms with Crippen molar-refractivity contribution < 1.29 is 14.3 Å². The van der Waals surface area contributed by atoms with Crippen LogP contribution in [0.1, 0.15) is 66.7 Å². The molecule has 0 aromatic carbocycles. The lowest BCUT2D eigenvalue weighted by Crippen LogP contribution is -2.55. The number of nitrogens with zero attached hydrogens (tertiary/aromatic N) is 1. The fourth-order valence-electron chi connectivity index (χ4n) is 3.55. The molecule has 2 aliphatic rings. The van der Waals surface area contributed by atoms with Gasteiger partial charge in [0.1, 0.15) is 5.60 Å². The molecule has 1 aliphatic heterocycles. The van der Waals surface area contributed by atoms with E-state index in [1.807, 2.05) is 25.7 Å². The van der Waals surface area contributed by atoms with Crippen molar-refractivity contribution in [3.8, 4) is 0 Å². The fraction of sp³-hybridized carbons (Fsp3) is 0.947. The van der Waals surface area contributed by atoms with E-state index in [2.05, 4.69) is 19.2 Å². The highest BCUT2D eigenvalue weighted by molar-refractivity contribution is 5.68. The third-order valence-corrected chi connectivity index (χ3v) is 5.07. The van der Waals surface area contributed by atoms with Crippen LogP contribution in [0.25, 0.3) is 0 Å². The summed E-state index contributed by atoms with van der Waals surface area (Å²) in [5.41, 5.74) is 0.00711. The highest BCUT2D eigenvalue weighted by atomic mass is 16.6. The zero-order valence-electron chi connectivity index (χ0n) is 16.2. The highest BCUT2D eigenvalue weighted by Gasteiger charge is 2.32. The van der Waals surface area contributed by atoms with Crippen LogP contribution in [0.5, 0.6) is 0 Å². The molecular formula is C19H36N2O3. The van der Waals surface area contributed by atoms with Crippen molar-refractivity contribution in [2.24, 2.45) is 5.41 Å². The van der Waals surface area contributed by atoms with Gasteiger partial charge in [0.15, 0.2) is 0 Å². The summed E-state index contributed by atoms with van der Waals surface area (Å²) >= 11 is 0. The van der Waals surface area contributed by atoms with Gasteiger partial charge in [-0.25, -0.2) is 4.79 Å². The van der Waals surface area contributed by atoms with Crippen LogP contribution in [0, 0.1) is 5.41 Å². The minimum absolute atomic E-state index is 0.0601. The van der Waals surface area contributed by atoms with Gasteiger partial charge in [-0.15, -0.1) is 0 Å². The standard InChI is InChI=1S/C19H36N2O3/c1-18(2,3)24-17(22)21-11-12-23-14-16(21)13-20-15-7-6-9-19(4,5)10-8-15/h15-16,20H,6-14H2,1-5H3. The Balaban J connectivity index is 1.86. The molecule has 2 rings (SSSR count). The van der Waals surface area contributed by atoms with E-state index in [1.54, 1.807) is 0 Å². The lowest BCUT2D eigenvalue weighted by molar-refractivity contribution is -0.0322. The third-order valence-electron chi connectivity index (χ3n) is 5.07. The molecule has 140 valence electrons. The Morgan fingerprint density at radius 2 is 2.04 bits per heavy atom. The normalized spacial score (nSPS) is 28.3. The summed E-state index contributed by atoms with van der Waals surface area (Å²) in [6, 6.07) is 0.610. The van der Waals surface area contributed by atoms with Gasteiger partial charge in [0, 0.05) is 19.1 Å². The summed E-state index contributed by atoms with van der Waals surface area (Å²) in [6.45, 7) is 13.0. The minimum atomic E-state index is -0.458. The molecule has 1 amide bonds. The van der Waals surface area contributed by atoms with Crippen molar-refractivity contribution in [1.29, 1.82) is 0 Å². The average molecular weight is 341 g/mol. The predicted octanol–water partition coefficient (Wildman–Crippen LogP) is 3.57. The fourth-order valence-corrected chi connectivity index (χ4v) is 3.55. The summed E-state index contributed by atoms with van der Waals surface area (Å²) in [6.07, 6.45) is 6.07. The number of hydrogen-bond acceptors (Lipinski definition) is 4. The van der Waals surface area contributed by atoms with Gasteiger partial charge in [-0.1, -0.05) is 20.3 Å². The summed E-state index contributed by atoms with van der Waals surface area (Å²) in [4.78, 5) is 14.3. The molecule has 1 N–H and O–H groups in total. The van der Waals surface area contributed by atoms with Crippen LogP contribution in [0.4, 0.5) is 4.79 Å². The van der Waals surface area contributed by atoms with Crippen molar-refractivity contribution in [3.63, 3.8) is 0 Å². The lowest BCUT2D eigenvalue weighted by Gasteiger charge is -2.37. The Labute approximate surface area is 147 Å². The first kappa shape index (κ1) is 19.5. The number of amides is 1. The zero-order chi connectivity index (χ0) is 17.8. The van der Waals surface area contributed by atoms with Crippen molar-refractivity contribution in [1.82, 2.24) is 10.2 Å². The molecule has 2 atom stereocenters. The molecule has 1 saturated carbocycles. The van der Waals surface area contributed by atoms with E-state index in [0.717, 1.165) is 6.54 Å². The van der Waals surface area contributed by atoms with Gasteiger partial charge >= 0.3 is 6.09 Å². The molecule has 0 radical (unpaired) electrons. The van der Waals surface area contributed by atoms with Gasteiger partial charge in [-0.3, -0.25) is 4.90 Å². The molecule has 0 bridgehead atoms. The predicted molar refractivity (Wildman–Crippen MR) is 96.2 cm³/mol. The molecule has 2 unspecified atom stereocenters. The number of nitrogens with one attached hydrogen (secondary N) is 1. The summed E-state index contributed by atoms with van der Waals surface area (Å²) in [5, 5.41) is 3.69. The minimum Gasteiger partial charge on any atom is -0.444 e. The first-order chi connectivity index (χ1) is 11.2. The van der Waals surface area contributed by atoms with Crippen LogP contribution in [-0.2, 0) is 9.47 Å². The molecule has 1 aliphatic carbocycles. The van der Waals surface area contributed by atoms with Gasteiger partial charge < -0.3 is 14.8 Å². The van der Waals surface area contributed by atoms with Gasteiger partial charge in [0.05, 0.1) is 19.3 Å². The average Bonchev–Trinajstić information content (AvgIpc) is 2.64. The molecule has 2 fully saturated rings. The summed E-state index contributed by atoms with van der Waals surface area (Å²) < 4.78 is 11.2. The second-order valence-corrected chi connectivity index (χ2v) is 9.10. The van der Waals surface area contributed by atoms with Crippen molar-refractivity contribution >= 4 is 6.09 Å². The lowest BCUT2D eigenvalue weighted by atomic mass is 9.85. The van der Waals surface area contributed by atoms with E-state index in [1.165, 1.54) is 32.1 Å². The molecule has 0 spiro atoms. The van der Waals surface area contributed by atoms with Gasteiger partial charge in [-0.2, -0.15) is 0 Å². The Kier molecular flexibility index (Phi) is 6.54. The monoisotopic (exact) mass is 340 g/mol. The Hall–Kier alpha value is -0.810. The molecule has 24 heavy (non-hydrogen) atoms. The largest absolute Gasteiger partial charge is 0.444 e. The third kappa shape index (κ3) is 6.25. The van der Waals surface area contributed by atoms with E-state index >= 15 is 0 Å². The molecule has 5 nitrogen and oxygen atoms in total. The summed E-state index contributed by atoms with van der Waals surface area (Å²) in [5.74, 6) is 0. The number of morpholine rings is 1. The van der Waals surface area contributed by atoms with E-state index in [0.29, 0.717) is 31.2 Å². The molecular weight excluding hydrogens is 304 g/mol. The van der Waals surface area contributed by atoms with E-state index < -0.39 is 5.60 Å². The van der Waals surface area contributed by atoms with Crippen LogP contribution in [0.3, 0.4) is 0 Å². The SMILES string of the molecule is CC1(C)CCCC(NCC2COCCN2C(=O)OC(C)(C)C)CC1. The van der Waals surface area contributed by atoms with Crippen LogP contribution in [-0.4, -0.2) is 55.0 Å². The van der Waals surface area contributed by atoms with Crippen molar-refractivity contribution in [2.75, 3.05) is 26.3 Å². The van der Waals surface area contributed by atoms with Gasteiger partial charge in [-0.05, 0) is 51.9 Å². The summed E-state index contributed by atoms with van der Waals surface area (Å²) in [7, 11) is 0. The zero-order valence-corrected chi connectivity index (χ0v) is 16.2. The van der Waals surface area contributed by atoms with Crippen LogP contribution in [0.15, 0.2) is 0 Å². The Morgan fingerprint density at radius 1 is 1.29 bits per heavy atom. The van der Waals surface area contributed by atoms with Crippen molar-refractivity contribution in [2.45, 2.75) is 84.4 Å². The number of carbonyl (C=O) groups excluding carboxylic acids is 1. The van der Waals surface area contributed by atoms with E-state index in [-0.39, 0.29) is 12.1 Å². The molecule has 1 heterocycles. The van der Waals surface area contributed by atoms with E-state index in [9.17, 15) is 4.79 Å². The molecule has 0 aromatic rings. The number of hydrogen-bond donors (Lipinski definition) is 1. The second kappa shape index (κ2) is 8.05. The topological polar surface area (TPSA) is 50.8 Å². The van der Waals surface area contributed by atoms with Gasteiger partial charge in [0.2, 0.25) is 0 Å². The number of carbonyl (C=O) groups is 1. The van der Waals surface area contributed by atoms with E-state index in [4.69, 9.17) is 9.47 Å². The maximum Gasteiger partial charge on any atom is 0.410 e.